The topological polar surface area (TPSA) is 68.4 Å². The molecule has 8 nitrogen and oxygen atoms in total. The van der Waals surface area contributed by atoms with Gasteiger partial charge in [0, 0.05) is 69.3 Å². The van der Waals surface area contributed by atoms with E-state index in [1.807, 2.05) is 55.8 Å². The lowest BCUT2D eigenvalue weighted by Gasteiger charge is -2.44. The predicted molar refractivity (Wildman–Crippen MR) is 157 cm³/mol. The summed E-state index contributed by atoms with van der Waals surface area (Å²) in [6.07, 6.45) is 1.37. The van der Waals surface area contributed by atoms with Crippen LogP contribution in [0.5, 0.6) is 0 Å². The lowest BCUT2D eigenvalue weighted by molar-refractivity contribution is -0.0162. The smallest absolute Gasteiger partial charge is 0.410 e. The van der Waals surface area contributed by atoms with Crippen LogP contribution in [0, 0.1) is 5.82 Å². The molecule has 2 aromatic carbocycles. The number of carbonyl (C=O) groups is 2. The molecule has 2 saturated heterocycles. The van der Waals surface area contributed by atoms with Crippen LogP contribution in [0.2, 0.25) is 0 Å². The van der Waals surface area contributed by atoms with Gasteiger partial charge in [-0.15, -0.1) is 0 Å². The fourth-order valence-electron chi connectivity index (χ4n) is 5.67. The molecule has 2 aromatic rings. The first-order chi connectivity index (χ1) is 18.9. The Bertz CT molecular complexity index is 1150. The fourth-order valence-corrected chi connectivity index (χ4v) is 5.67. The number of ether oxygens (including phenoxy) is 1. The Kier molecular flexibility index (Phi) is 9.23. The molecule has 0 bridgehead atoms. The van der Waals surface area contributed by atoms with E-state index in [1.165, 1.54) is 17.7 Å². The van der Waals surface area contributed by atoms with Gasteiger partial charge in [0.2, 0.25) is 0 Å². The third-order valence-corrected chi connectivity index (χ3v) is 7.58. The highest BCUT2D eigenvalue weighted by molar-refractivity contribution is 5.91. The van der Waals surface area contributed by atoms with Crippen molar-refractivity contribution >= 4 is 23.5 Å². The average Bonchev–Trinajstić information content (AvgIpc) is 2.87. The number of likely N-dealkylation sites (tertiary alicyclic amines) is 1. The number of urea groups is 1. The van der Waals surface area contributed by atoms with Crippen LogP contribution in [0.25, 0.3) is 0 Å². The maximum Gasteiger partial charge on any atom is 0.410 e. The normalized spacial score (nSPS) is 20.8. The molecule has 2 heterocycles. The Balaban J connectivity index is 1.26. The summed E-state index contributed by atoms with van der Waals surface area (Å²) in [7, 11) is 1.81. The molecular weight excluding hydrogens is 509 g/mol. The lowest BCUT2D eigenvalue weighted by atomic mass is 10.0. The zero-order valence-electron chi connectivity index (χ0n) is 24.7. The molecule has 2 atom stereocenters. The van der Waals surface area contributed by atoms with Crippen LogP contribution in [0.4, 0.5) is 25.4 Å². The molecule has 218 valence electrons. The number of hydrogen-bond acceptors (Lipinski definition) is 5. The van der Waals surface area contributed by atoms with Crippen LogP contribution >= 0.6 is 0 Å². The van der Waals surface area contributed by atoms with Gasteiger partial charge in [0.1, 0.15) is 11.4 Å². The quantitative estimate of drug-likeness (QED) is 0.508. The number of benzene rings is 2. The maximum atomic E-state index is 13.5. The van der Waals surface area contributed by atoms with Gasteiger partial charge in [0.05, 0.1) is 0 Å². The Labute approximate surface area is 238 Å². The van der Waals surface area contributed by atoms with Crippen LogP contribution in [0.1, 0.15) is 53.0 Å². The van der Waals surface area contributed by atoms with Gasteiger partial charge in [-0.3, -0.25) is 9.80 Å². The van der Waals surface area contributed by atoms with Gasteiger partial charge in [0.15, 0.2) is 0 Å². The van der Waals surface area contributed by atoms with Gasteiger partial charge in [-0.25, -0.2) is 14.0 Å². The number of piperidine rings is 1. The highest BCUT2D eigenvalue weighted by Crippen LogP contribution is 2.24. The second-order valence-corrected chi connectivity index (χ2v) is 12.2. The molecule has 0 saturated carbocycles. The van der Waals surface area contributed by atoms with Crippen LogP contribution in [-0.4, -0.2) is 83.8 Å². The Hall–Kier alpha value is -3.33. The fraction of sp³-hybridized carbons (Fsp3) is 0.548. The van der Waals surface area contributed by atoms with Crippen molar-refractivity contribution in [3.63, 3.8) is 0 Å². The number of carbonyl (C=O) groups excluding carboxylic acids is 2. The van der Waals surface area contributed by atoms with Crippen molar-refractivity contribution in [2.75, 3.05) is 43.4 Å². The second-order valence-electron chi connectivity index (χ2n) is 12.2. The zero-order chi connectivity index (χ0) is 29.0. The Morgan fingerprint density at radius 1 is 1.02 bits per heavy atom. The average molecular weight is 554 g/mol. The number of anilines is 2. The molecule has 3 amide bonds. The summed E-state index contributed by atoms with van der Waals surface area (Å²) < 4.78 is 19.1. The molecule has 0 radical (unpaired) electrons. The van der Waals surface area contributed by atoms with Gasteiger partial charge in [-0.2, -0.15) is 0 Å². The predicted octanol–water partition coefficient (Wildman–Crippen LogP) is 5.79. The van der Waals surface area contributed by atoms with Crippen molar-refractivity contribution in [3.05, 3.63) is 59.9 Å². The summed E-state index contributed by atoms with van der Waals surface area (Å²) in [6, 6.07) is 14.9. The number of piperazine rings is 1. The molecule has 1 N–H and O–H groups in total. The Morgan fingerprint density at radius 2 is 1.65 bits per heavy atom. The minimum absolute atomic E-state index is 0.0159. The summed E-state index contributed by atoms with van der Waals surface area (Å²) in [5.41, 5.74) is 2.28. The van der Waals surface area contributed by atoms with E-state index in [1.54, 1.807) is 11.0 Å². The van der Waals surface area contributed by atoms with Crippen LogP contribution in [-0.2, 0) is 11.3 Å². The molecule has 9 heteroatoms. The van der Waals surface area contributed by atoms with E-state index < -0.39 is 5.60 Å². The Morgan fingerprint density at radius 3 is 2.23 bits per heavy atom. The molecular formula is C31H44FN5O3. The van der Waals surface area contributed by atoms with Gasteiger partial charge in [-0.05, 0) is 83.4 Å². The van der Waals surface area contributed by atoms with E-state index in [0.717, 1.165) is 43.9 Å². The van der Waals surface area contributed by atoms with Crippen LogP contribution in [0.15, 0.2) is 48.5 Å². The van der Waals surface area contributed by atoms with E-state index in [9.17, 15) is 14.0 Å². The van der Waals surface area contributed by atoms with Gasteiger partial charge in [-0.1, -0.05) is 18.2 Å². The monoisotopic (exact) mass is 553 g/mol. The molecule has 2 aliphatic rings. The molecule has 0 spiro atoms. The summed E-state index contributed by atoms with van der Waals surface area (Å²) in [5.74, 6) is -0.254. The van der Waals surface area contributed by atoms with Crippen molar-refractivity contribution in [2.45, 2.75) is 77.7 Å². The summed E-state index contributed by atoms with van der Waals surface area (Å²) in [6.45, 7) is 13.4. The van der Waals surface area contributed by atoms with Crippen molar-refractivity contribution in [1.29, 1.82) is 0 Å². The number of nitrogens with one attached hydrogen (secondary N) is 1. The minimum Gasteiger partial charge on any atom is -0.444 e. The van der Waals surface area contributed by atoms with Gasteiger partial charge >= 0.3 is 12.1 Å². The largest absolute Gasteiger partial charge is 0.444 e. The molecule has 2 aliphatic heterocycles. The SMILES string of the molecule is C[C@@H]1CN(Cc2ccc(N(C)C(=O)N3CCC(Nc4cccc(F)c4)CC3)cc2)C[C@H](C)N1C(=O)OC(C)(C)C. The molecule has 0 aromatic heterocycles. The van der Waals surface area contributed by atoms with Crippen molar-refractivity contribution in [2.24, 2.45) is 0 Å². The van der Waals surface area contributed by atoms with E-state index in [4.69, 9.17) is 4.74 Å². The first-order valence-corrected chi connectivity index (χ1v) is 14.3. The number of amides is 3. The van der Waals surface area contributed by atoms with Crippen molar-refractivity contribution in [3.8, 4) is 0 Å². The third kappa shape index (κ3) is 7.65. The molecule has 0 unspecified atom stereocenters. The highest BCUT2D eigenvalue weighted by Gasteiger charge is 2.35. The number of halogens is 1. The number of rotatable bonds is 5. The standard InChI is InChI=1S/C31H44FN5O3/c1-22-19-35(20-23(2)37(22)30(39)40-31(3,4)5)21-24-10-12-28(13-11-24)34(6)29(38)36-16-14-26(15-17-36)33-27-9-7-8-25(32)18-27/h7-13,18,22-23,26,33H,14-17,19-21H2,1-6H3/t22-,23+. The molecule has 4 rings (SSSR count). The zero-order valence-corrected chi connectivity index (χ0v) is 24.7. The van der Waals surface area contributed by atoms with Gasteiger partial charge < -0.3 is 19.9 Å². The minimum atomic E-state index is -0.512. The second kappa shape index (κ2) is 12.5. The van der Waals surface area contributed by atoms with Crippen molar-refractivity contribution in [1.82, 2.24) is 14.7 Å². The van der Waals surface area contributed by atoms with Crippen molar-refractivity contribution < 1.29 is 18.7 Å². The van der Waals surface area contributed by atoms with E-state index in [-0.39, 0.29) is 36.1 Å². The summed E-state index contributed by atoms with van der Waals surface area (Å²) >= 11 is 0. The summed E-state index contributed by atoms with van der Waals surface area (Å²) in [4.78, 5) is 33.7. The molecule has 40 heavy (non-hydrogen) atoms. The van der Waals surface area contributed by atoms with E-state index in [0.29, 0.717) is 13.1 Å². The summed E-state index contributed by atoms with van der Waals surface area (Å²) in [5, 5.41) is 3.38. The number of hydrogen-bond donors (Lipinski definition) is 1. The number of nitrogens with zero attached hydrogens (tertiary/aromatic N) is 4. The third-order valence-electron chi connectivity index (χ3n) is 7.58. The van der Waals surface area contributed by atoms with E-state index in [2.05, 4.69) is 36.2 Å². The molecule has 2 fully saturated rings. The van der Waals surface area contributed by atoms with Crippen LogP contribution in [0.3, 0.4) is 0 Å². The first-order valence-electron chi connectivity index (χ1n) is 14.3. The molecule has 0 aliphatic carbocycles. The first kappa shape index (κ1) is 29.6. The maximum absolute atomic E-state index is 13.5. The lowest BCUT2D eigenvalue weighted by Crippen LogP contribution is -2.59. The van der Waals surface area contributed by atoms with E-state index >= 15 is 0 Å². The van der Waals surface area contributed by atoms with Crippen LogP contribution < -0.4 is 10.2 Å². The van der Waals surface area contributed by atoms with Gasteiger partial charge in [0.25, 0.3) is 0 Å². The highest BCUT2D eigenvalue weighted by atomic mass is 19.1.